The highest BCUT2D eigenvalue weighted by Gasteiger charge is 2.21. The van der Waals surface area contributed by atoms with Gasteiger partial charge in [0, 0.05) is 5.69 Å². The molecular formula is C19H17ClN2O2S. The Morgan fingerprint density at radius 2 is 1.92 bits per heavy atom. The Labute approximate surface area is 155 Å². The third-order valence-corrected chi connectivity index (χ3v) is 4.94. The number of aromatic nitrogens is 1. The number of hydrogen-bond donors (Lipinski definition) is 0. The molecule has 0 saturated carbocycles. The second-order valence-corrected chi connectivity index (χ2v) is 7.12. The molecule has 0 fully saturated rings. The molecule has 0 bridgehead atoms. The zero-order valence-corrected chi connectivity index (χ0v) is 15.5. The minimum Gasteiger partial charge on any atom is -0.497 e. The molecular weight excluding hydrogens is 356 g/mol. The second-order valence-electron chi connectivity index (χ2n) is 5.50. The SMILES string of the molecule is COc1ccc(CN(C(=O)c2cnc(Cl)s2)c2ccccc2C)cc1. The van der Waals surface area contributed by atoms with Crippen LogP contribution in [0.4, 0.5) is 5.69 Å². The molecule has 0 aliphatic heterocycles. The van der Waals surface area contributed by atoms with Gasteiger partial charge in [-0.25, -0.2) is 4.98 Å². The number of ether oxygens (including phenoxy) is 1. The fourth-order valence-corrected chi connectivity index (χ4v) is 3.42. The quantitative estimate of drug-likeness (QED) is 0.635. The van der Waals surface area contributed by atoms with Crippen molar-refractivity contribution in [1.29, 1.82) is 0 Å². The van der Waals surface area contributed by atoms with Gasteiger partial charge in [-0.2, -0.15) is 0 Å². The molecule has 128 valence electrons. The van der Waals surface area contributed by atoms with Crippen LogP contribution in [0.15, 0.2) is 54.7 Å². The first-order valence-electron chi connectivity index (χ1n) is 7.70. The lowest BCUT2D eigenvalue weighted by atomic mass is 10.1. The Balaban J connectivity index is 1.96. The van der Waals surface area contributed by atoms with Crippen LogP contribution in [0.5, 0.6) is 5.75 Å². The van der Waals surface area contributed by atoms with Gasteiger partial charge in [-0.05, 0) is 36.2 Å². The lowest BCUT2D eigenvalue weighted by Crippen LogP contribution is -2.30. The summed E-state index contributed by atoms with van der Waals surface area (Å²) in [5.74, 6) is 0.668. The molecule has 0 saturated heterocycles. The van der Waals surface area contributed by atoms with Gasteiger partial charge in [0.2, 0.25) is 0 Å². The number of aryl methyl sites for hydroxylation is 1. The second kappa shape index (κ2) is 7.68. The van der Waals surface area contributed by atoms with Crippen LogP contribution in [0.1, 0.15) is 20.8 Å². The molecule has 1 amide bonds. The van der Waals surface area contributed by atoms with E-state index in [4.69, 9.17) is 16.3 Å². The molecule has 3 rings (SSSR count). The highest BCUT2D eigenvalue weighted by Crippen LogP contribution is 2.27. The number of anilines is 1. The molecule has 2 aromatic carbocycles. The van der Waals surface area contributed by atoms with Crippen molar-refractivity contribution in [3.63, 3.8) is 0 Å². The standard InChI is InChI=1S/C19H17ClN2O2S/c1-13-5-3-4-6-16(13)22(18(23)17-11-21-19(20)25-17)12-14-7-9-15(24-2)10-8-14/h3-11H,12H2,1-2H3. The van der Waals surface area contributed by atoms with Gasteiger partial charge in [-0.1, -0.05) is 53.3 Å². The number of benzene rings is 2. The maximum atomic E-state index is 13.1. The predicted octanol–water partition coefficient (Wildman–Crippen LogP) is 4.96. The summed E-state index contributed by atoms with van der Waals surface area (Å²) in [6.45, 7) is 2.44. The molecule has 0 unspecified atom stereocenters. The Hall–Kier alpha value is -2.37. The lowest BCUT2D eigenvalue weighted by Gasteiger charge is -2.24. The Kier molecular flexibility index (Phi) is 5.36. The van der Waals surface area contributed by atoms with Crippen LogP contribution in [0.3, 0.4) is 0 Å². The van der Waals surface area contributed by atoms with Crippen LogP contribution in [0.2, 0.25) is 4.47 Å². The summed E-state index contributed by atoms with van der Waals surface area (Å²) >= 11 is 7.09. The van der Waals surface area contributed by atoms with Crippen molar-refractivity contribution in [2.24, 2.45) is 0 Å². The summed E-state index contributed by atoms with van der Waals surface area (Å²) in [6, 6.07) is 15.5. The summed E-state index contributed by atoms with van der Waals surface area (Å²) in [5.41, 5.74) is 2.90. The average molecular weight is 373 g/mol. The third kappa shape index (κ3) is 4.00. The van der Waals surface area contributed by atoms with E-state index in [0.717, 1.165) is 22.6 Å². The topological polar surface area (TPSA) is 42.4 Å². The van der Waals surface area contributed by atoms with E-state index in [1.807, 2.05) is 55.5 Å². The largest absolute Gasteiger partial charge is 0.497 e. The van der Waals surface area contributed by atoms with Crippen molar-refractivity contribution < 1.29 is 9.53 Å². The molecule has 3 aromatic rings. The van der Waals surface area contributed by atoms with Gasteiger partial charge in [0.15, 0.2) is 4.47 Å². The molecule has 0 N–H and O–H groups in total. The number of methoxy groups -OCH3 is 1. The summed E-state index contributed by atoms with van der Waals surface area (Å²) in [6.07, 6.45) is 1.52. The van der Waals surface area contributed by atoms with Crippen LogP contribution >= 0.6 is 22.9 Å². The van der Waals surface area contributed by atoms with Gasteiger partial charge < -0.3 is 9.64 Å². The molecule has 6 heteroatoms. The molecule has 4 nitrogen and oxygen atoms in total. The van der Waals surface area contributed by atoms with E-state index < -0.39 is 0 Å². The van der Waals surface area contributed by atoms with Crippen LogP contribution in [0, 0.1) is 6.92 Å². The fraction of sp³-hybridized carbons (Fsp3) is 0.158. The van der Waals surface area contributed by atoms with E-state index in [9.17, 15) is 4.79 Å². The van der Waals surface area contributed by atoms with Crippen molar-refractivity contribution in [1.82, 2.24) is 4.98 Å². The molecule has 1 aromatic heterocycles. The molecule has 0 spiro atoms. The van der Waals surface area contributed by atoms with E-state index in [2.05, 4.69) is 4.98 Å². The van der Waals surface area contributed by atoms with Crippen molar-refractivity contribution in [2.75, 3.05) is 12.0 Å². The predicted molar refractivity (Wildman–Crippen MR) is 102 cm³/mol. The molecule has 25 heavy (non-hydrogen) atoms. The van der Waals surface area contributed by atoms with Crippen LogP contribution in [-0.2, 0) is 6.54 Å². The number of hydrogen-bond acceptors (Lipinski definition) is 4. The smallest absolute Gasteiger partial charge is 0.270 e. The number of thiazole rings is 1. The molecule has 1 heterocycles. The van der Waals surface area contributed by atoms with E-state index in [0.29, 0.717) is 15.9 Å². The van der Waals surface area contributed by atoms with Crippen molar-refractivity contribution in [3.8, 4) is 5.75 Å². The first-order chi connectivity index (χ1) is 12.1. The Morgan fingerprint density at radius 1 is 1.20 bits per heavy atom. The first-order valence-corrected chi connectivity index (χ1v) is 8.89. The summed E-state index contributed by atoms with van der Waals surface area (Å²) in [7, 11) is 1.63. The highest BCUT2D eigenvalue weighted by atomic mass is 35.5. The van der Waals surface area contributed by atoms with E-state index in [1.54, 1.807) is 12.0 Å². The fourth-order valence-electron chi connectivity index (χ4n) is 2.53. The van der Waals surface area contributed by atoms with Gasteiger partial charge in [0.25, 0.3) is 5.91 Å². The molecule has 0 aliphatic rings. The van der Waals surface area contributed by atoms with Gasteiger partial charge in [0.05, 0.1) is 19.9 Å². The number of carbonyl (C=O) groups excluding carboxylic acids is 1. The minimum absolute atomic E-state index is 0.116. The van der Waals surface area contributed by atoms with Crippen LogP contribution in [-0.4, -0.2) is 18.0 Å². The van der Waals surface area contributed by atoms with Crippen molar-refractivity contribution >= 4 is 34.5 Å². The average Bonchev–Trinajstić information content (AvgIpc) is 3.07. The molecule has 0 radical (unpaired) electrons. The third-order valence-electron chi connectivity index (χ3n) is 3.84. The maximum Gasteiger partial charge on any atom is 0.270 e. The number of nitrogens with zero attached hydrogens (tertiary/aromatic N) is 2. The van der Waals surface area contributed by atoms with E-state index >= 15 is 0 Å². The number of amides is 1. The maximum absolute atomic E-state index is 13.1. The van der Waals surface area contributed by atoms with E-state index in [-0.39, 0.29) is 5.91 Å². The number of para-hydroxylation sites is 1. The van der Waals surface area contributed by atoms with Crippen molar-refractivity contribution in [3.05, 3.63) is 75.2 Å². The zero-order valence-electron chi connectivity index (χ0n) is 13.9. The first kappa shape index (κ1) is 17.5. The lowest BCUT2D eigenvalue weighted by molar-refractivity contribution is 0.0988. The van der Waals surface area contributed by atoms with E-state index in [1.165, 1.54) is 17.5 Å². The normalized spacial score (nSPS) is 10.5. The molecule has 0 aliphatic carbocycles. The summed E-state index contributed by atoms with van der Waals surface area (Å²) < 4.78 is 5.55. The van der Waals surface area contributed by atoms with Crippen molar-refractivity contribution in [2.45, 2.75) is 13.5 Å². The van der Waals surface area contributed by atoms with Gasteiger partial charge >= 0.3 is 0 Å². The van der Waals surface area contributed by atoms with Gasteiger partial charge in [-0.3, -0.25) is 4.79 Å². The van der Waals surface area contributed by atoms with Crippen LogP contribution in [0.25, 0.3) is 0 Å². The molecule has 0 atom stereocenters. The zero-order chi connectivity index (χ0) is 17.8. The Bertz CT molecular complexity index is 877. The number of carbonyl (C=O) groups is 1. The summed E-state index contributed by atoms with van der Waals surface area (Å²) in [5, 5.41) is 0. The van der Waals surface area contributed by atoms with Gasteiger partial charge in [0.1, 0.15) is 10.6 Å². The number of halogens is 1. The number of rotatable bonds is 5. The van der Waals surface area contributed by atoms with Crippen LogP contribution < -0.4 is 9.64 Å². The Morgan fingerprint density at radius 3 is 2.52 bits per heavy atom. The summed E-state index contributed by atoms with van der Waals surface area (Å²) in [4.78, 5) is 19.3. The monoisotopic (exact) mass is 372 g/mol. The highest BCUT2D eigenvalue weighted by molar-refractivity contribution is 7.17. The van der Waals surface area contributed by atoms with Gasteiger partial charge in [-0.15, -0.1) is 0 Å². The minimum atomic E-state index is -0.116.